The molecule has 7 nitrogen and oxygen atoms in total. The molecule has 0 bridgehead atoms. The molecule has 0 aromatic heterocycles. The molecule has 2 aromatic rings. The van der Waals surface area contributed by atoms with Crippen LogP contribution < -0.4 is 10.6 Å². The molecule has 33 heavy (non-hydrogen) atoms. The third-order valence-electron chi connectivity index (χ3n) is 6.89. The molecule has 0 radical (unpaired) electrons. The van der Waals surface area contributed by atoms with E-state index in [-0.39, 0.29) is 25.0 Å². The second-order valence-electron chi connectivity index (χ2n) is 8.81. The van der Waals surface area contributed by atoms with E-state index in [0.29, 0.717) is 6.42 Å². The number of ether oxygens (including phenoxy) is 1. The minimum Gasteiger partial charge on any atom is -0.481 e. The summed E-state index contributed by atoms with van der Waals surface area (Å²) in [6, 6.07) is 15.4. The van der Waals surface area contributed by atoms with Gasteiger partial charge < -0.3 is 20.5 Å². The van der Waals surface area contributed by atoms with Gasteiger partial charge in [-0.3, -0.25) is 9.59 Å². The van der Waals surface area contributed by atoms with E-state index in [9.17, 15) is 19.5 Å². The number of aliphatic carboxylic acids is 1. The fourth-order valence-electron chi connectivity index (χ4n) is 4.77. The average molecular weight is 451 g/mol. The molecule has 4 rings (SSSR count). The Hall–Kier alpha value is -3.35. The van der Waals surface area contributed by atoms with E-state index in [0.717, 1.165) is 41.5 Å². The molecule has 2 aromatic carbocycles. The molecule has 1 saturated carbocycles. The quantitative estimate of drug-likeness (QED) is 0.537. The van der Waals surface area contributed by atoms with Crippen LogP contribution in [0.3, 0.4) is 0 Å². The number of carboxylic acids is 1. The molecule has 2 aliphatic rings. The lowest BCUT2D eigenvalue weighted by atomic mass is 9.76. The average Bonchev–Trinajstić information content (AvgIpc) is 3.10. The van der Waals surface area contributed by atoms with E-state index in [2.05, 4.69) is 22.8 Å². The Morgan fingerprint density at radius 1 is 1.03 bits per heavy atom. The molecule has 0 aliphatic heterocycles. The van der Waals surface area contributed by atoms with Crippen molar-refractivity contribution in [1.82, 2.24) is 10.6 Å². The minimum atomic E-state index is -0.891. The Morgan fingerprint density at radius 3 is 2.15 bits per heavy atom. The maximum atomic E-state index is 12.6. The van der Waals surface area contributed by atoms with Crippen LogP contribution in [0.4, 0.5) is 4.79 Å². The molecule has 0 spiro atoms. The predicted molar refractivity (Wildman–Crippen MR) is 124 cm³/mol. The first-order valence-electron chi connectivity index (χ1n) is 11.6. The number of fused-ring (bicyclic) bond motifs is 3. The smallest absolute Gasteiger partial charge is 0.407 e. The van der Waals surface area contributed by atoms with Crippen LogP contribution in [0.2, 0.25) is 0 Å². The standard InChI is InChI=1S/C26H30N2O5/c1-2-23(24(29)27-14-21(25(30)31)16-8-7-9-16)28-26(32)33-15-22-19-12-5-3-10-17(19)18-11-4-6-13-20(18)22/h3-6,10-13,16,21-23H,2,7-9,14-15H2,1H3,(H,27,29)(H,28,32)(H,30,31)/t21?,23-/m1/s1. The summed E-state index contributed by atoms with van der Waals surface area (Å²) in [6.45, 7) is 2.02. The Morgan fingerprint density at radius 2 is 1.64 bits per heavy atom. The van der Waals surface area contributed by atoms with Crippen LogP contribution in [-0.4, -0.2) is 42.3 Å². The number of rotatable bonds is 9. The first-order valence-corrected chi connectivity index (χ1v) is 11.6. The van der Waals surface area contributed by atoms with E-state index >= 15 is 0 Å². The van der Waals surface area contributed by atoms with Crippen LogP contribution >= 0.6 is 0 Å². The molecule has 2 amide bonds. The second kappa shape index (κ2) is 10.1. The SMILES string of the molecule is CC[C@@H](NC(=O)OCC1c2ccccc2-c2ccccc21)C(=O)NCC(C(=O)O)C1CCC1. The van der Waals surface area contributed by atoms with Crippen molar-refractivity contribution in [2.75, 3.05) is 13.2 Å². The molecule has 1 fully saturated rings. The Kier molecular flexibility index (Phi) is 6.96. The van der Waals surface area contributed by atoms with Gasteiger partial charge in [0.2, 0.25) is 5.91 Å². The topological polar surface area (TPSA) is 105 Å². The summed E-state index contributed by atoms with van der Waals surface area (Å²) in [5, 5.41) is 14.8. The molecule has 2 atom stereocenters. The first-order chi connectivity index (χ1) is 16.0. The lowest BCUT2D eigenvalue weighted by Gasteiger charge is -2.31. The van der Waals surface area contributed by atoms with Crippen LogP contribution in [0.25, 0.3) is 11.1 Å². The highest BCUT2D eigenvalue weighted by Crippen LogP contribution is 2.44. The van der Waals surface area contributed by atoms with Crippen molar-refractivity contribution in [2.45, 2.75) is 44.6 Å². The van der Waals surface area contributed by atoms with Crippen LogP contribution in [-0.2, 0) is 14.3 Å². The van der Waals surface area contributed by atoms with Gasteiger partial charge in [-0.1, -0.05) is 61.9 Å². The fraction of sp³-hybridized carbons (Fsp3) is 0.423. The van der Waals surface area contributed by atoms with Gasteiger partial charge in [0, 0.05) is 12.5 Å². The monoisotopic (exact) mass is 450 g/mol. The summed E-state index contributed by atoms with van der Waals surface area (Å²) in [6.07, 6.45) is 2.50. The number of hydrogen-bond acceptors (Lipinski definition) is 4. The van der Waals surface area contributed by atoms with Crippen LogP contribution in [0.15, 0.2) is 48.5 Å². The molecule has 174 valence electrons. The number of benzene rings is 2. The molecule has 0 saturated heterocycles. The summed E-state index contributed by atoms with van der Waals surface area (Å²) < 4.78 is 5.53. The number of nitrogens with one attached hydrogen (secondary N) is 2. The van der Waals surface area contributed by atoms with Crippen LogP contribution in [0.5, 0.6) is 0 Å². The third kappa shape index (κ3) is 4.87. The number of hydrogen-bond donors (Lipinski definition) is 3. The lowest BCUT2D eigenvalue weighted by Crippen LogP contribution is -2.49. The molecular formula is C26H30N2O5. The maximum Gasteiger partial charge on any atom is 0.407 e. The number of carboxylic acid groups (broad SMARTS) is 1. The zero-order valence-electron chi connectivity index (χ0n) is 18.8. The van der Waals surface area contributed by atoms with E-state index in [4.69, 9.17) is 4.74 Å². The zero-order chi connectivity index (χ0) is 23.4. The van der Waals surface area contributed by atoms with Crippen LogP contribution in [0.1, 0.15) is 49.7 Å². The van der Waals surface area contributed by atoms with Crippen molar-refractivity contribution in [3.8, 4) is 11.1 Å². The summed E-state index contributed by atoms with van der Waals surface area (Å²) >= 11 is 0. The number of alkyl carbamates (subject to hydrolysis) is 1. The summed E-state index contributed by atoms with van der Waals surface area (Å²) in [5.41, 5.74) is 4.53. The van der Waals surface area contributed by atoms with Gasteiger partial charge in [0.15, 0.2) is 0 Å². The highest BCUT2D eigenvalue weighted by molar-refractivity contribution is 5.86. The highest BCUT2D eigenvalue weighted by Gasteiger charge is 2.33. The van der Waals surface area contributed by atoms with Gasteiger partial charge in [0.05, 0.1) is 5.92 Å². The van der Waals surface area contributed by atoms with E-state index in [1.165, 1.54) is 0 Å². The lowest BCUT2D eigenvalue weighted by molar-refractivity contribution is -0.144. The molecular weight excluding hydrogens is 420 g/mol. The van der Waals surface area contributed by atoms with Gasteiger partial charge in [-0.25, -0.2) is 4.79 Å². The normalized spacial score (nSPS) is 16.6. The van der Waals surface area contributed by atoms with Gasteiger partial charge in [-0.2, -0.15) is 0 Å². The van der Waals surface area contributed by atoms with Crippen LogP contribution in [0, 0.1) is 11.8 Å². The van der Waals surface area contributed by atoms with E-state index in [1.54, 1.807) is 6.92 Å². The third-order valence-corrected chi connectivity index (χ3v) is 6.89. The number of amides is 2. The van der Waals surface area contributed by atoms with Gasteiger partial charge in [0.1, 0.15) is 12.6 Å². The largest absolute Gasteiger partial charge is 0.481 e. The van der Waals surface area contributed by atoms with E-state index in [1.807, 2.05) is 36.4 Å². The van der Waals surface area contributed by atoms with Crippen molar-refractivity contribution in [2.24, 2.45) is 11.8 Å². The molecule has 7 heteroatoms. The first kappa shape index (κ1) is 22.8. The number of carbonyl (C=O) groups is 3. The van der Waals surface area contributed by atoms with Gasteiger partial charge in [0.25, 0.3) is 0 Å². The summed E-state index contributed by atoms with van der Waals surface area (Å²) in [7, 11) is 0. The number of carbonyl (C=O) groups excluding carboxylic acids is 2. The molecule has 2 aliphatic carbocycles. The Labute approximate surface area is 193 Å². The maximum absolute atomic E-state index is 12.6. The molecule has 3 N–H and O–H groups in total. The summed E-state index contributed by atoms with van der Waals surface area (Å²) in [5.74, 6) is -1.82. The summed E-state index contributed by atoms with van der Waals surface area (Å²) in [4.78, 5) is 36.6. The van der Waals surface area contributed by atoms with Crippen molar-refractivity contribution < 1.29 is 24.2 Å². The zero-order valence-corrected chi connectivity index (χ0v) is 18.8. The fourth-order valence-corrected chi connectivity index (χ4v) is 4.77. The Balaban J connectivity index is 1.32. The minimum absolute atomic E-state index is 0.0594. The predicted octanol–water partition coefficient (Wildman–Crippen LogP) is 3.92. The van der Waals surface area contributed by atoms with Gasteiger partial charge in [-0.15, -0.1) is 0 Å². The van der Waals surface area contributed by atoms with E-state index < -0.39 is 29.9 Å². The van der Waals surface area contributed by atoms with Gasteiger partial charge in [-0.05, 0) is 47.4 Å². The van der Waals surface area contributed by atoms with Crippen molar-refractivity contribution in [3.05, 3.63) is 59.7 Å². The second-order valence-corrected chi connectivity index (χ2v) is 8.81. The van der Waals surface area contributed by atoms with Crippen molar-refractivity contribution >= 4 is 18.0 Å². The molecule has 1 unspecified atom stereocenters. The Bertz CT molecular complexity index is 987. The van der Waals surface area contributed by atoms with Gasteiger partial charge >= 0.3 is 12.1 Å². The molecule has 0 heterocycles. The van der Waals surface area contributed by atoms with Crippen molar-refractivity contribution in [1.29, 1.82) is 0 Å². The highest BCUT2D eigenvalue weighted by atomic mass is 16.5. The van der Waals surface area contributed by atoms with Crippen molar-refractivity contribution in [3.63, 3.8) is 0 Å².